The number of hydrogen-bond acceptors (Lipinski definition) is 5. The van der Waals surface area contributed by atoms with Crippen LogP contribution >= 0.6 is 11.8 Å². The topological polar surface area (TPSA) is 86.8 Å². The first-order chi connectivity index (χ1) is 18.9. The van der Waals surface area contributed by atoms with E-state index in [0.29, 0.717) is 12.2 Å². The fraction of sp³-hybridized carbons (Fsp3) is 0.355. The van der Waals surface area contributed by atoms with Crippen LogP contribution < -0.4 is 9.62 Å². The molecule has 3 rings (SSSR count). The zero-order chi connectivity index (χ0) is 29.4. The molecule has 0 heterocycles. The molecule has 0 radical (unpaired) electrons. The maximum absolute atomic E-state index is 14.0. The second kappa shape index (κ2) is 13.9. The van der Waals surface area contributed by atoms with Gasteiger partial charge < -0.3 is 10.2 Å². The summed E-state index contributed by atoms with van der Waals surface area (Å²) in [5.41, 5.74) is 3.22. The van der Waals surface area contributed by atoms with Gasteiger partial charge >= 0.3 is 0 Å². The molecular weight excluding hydrogens is 542 g/mol. The summed E-state index contributed by atoms with van der Waals surface area (Å²) in [6.07, 6.45) is 1.92. The van der Waals surface area contributed by atoms with E-state index >= 15 is 0 Å². The minimum absolute atomic E-state index is 0.0895. The van der Waals surface area contributed by atoms with Crippen molar-refractivity contribution in [2.45, 2.75) is 57.0 Å². The van der Waals surface area contributed by atoms with Crippen LogP contribution in [0.15, 0.2) is 82.6 Å². The molecule has 214 valence electrons. The van der Waals surface area contributed by atoms with Crippen molar-refractivity contribution in [3.63, 3.8) is 0 Å². The van der Waals surface area contributed by atoms with Crippen LogP contribution in [0.1, 0.15) is 37.5 Å². The Morgan fingerprint density at radius 3 is 2.12 bits per heavy atom. The SMILES string of the molecule is CSc1ccc(S(=O)(=O)N(CC(=O)N(Cc2cccc(C)c2)[C@H](C)C(=O)NCC(C)C)c2ccc(C)cc2)cc1. The first-order valence-electron chi connectivity index (χ1n) is 13.3. The van der Waals surface area contributed by atoms with Gasteiger partial charge in [0.2, 0.25) is 11.8 Å². The fourth-order valence-electron chi connectivity index (χ4n) is 4.16. The number of rotatable bonds is 12. The fourth-order valence-corrected chi connectivity index (χ4v) is 5.98. The van der Waals surface area contributed by atoms with Crippen molar-refractivity contribution in [3.05, 3.63) is 89.5 Å². The number of benzene rings is 3. The van der Waals surface area contributed by atoms with Gasteiger partial charge in [-0.1, -0.05) is 61.4 Å². The number of carbonyl (C=O) groups is 2. The Balaban J connectivity index is 2.01. The Morgan fingerprint density at radius 1 is 0.900 bits per heavy atom. The summed E-state index contributed by atoms with van der Waals surface area (Å²) in [5, 5.41) is 2.91. The number of sulfonamides is 1. The van der Waals surface area contributed by atoms with E-state index in [2.05, 4.69) is 5.32 Å². The summed E-state index contributed by atoms with van der Waals surface area (Å²) in [6, 6.07) is 20.5. The van der Waals surface area contributed by atoms with Gasteiger partial charge in [-0.15, -0.1) is 11.8 Å². The second-order valence-electron chi connectivity index (χ2n) is 10.3. The highest BCUT2D eigenvalue weighted by Gasteiger charge is 2.32. The van der Waals surface area contributed by atoms with Crippen LogP contribution in [-0.4, -0.2) is 50.5 Å². The molecule has 0 aliphatic carbocycles. The first kappa shape index (κ1) is 31.2. The van der Waals surface area contributed by atoms with E-state index in [4.69, 9.17) is 0 Å². The Labute approximate surface area is 243 Å². The molecule has 40 heavy (non-hydrogen) atoms. The van der Waals surface area contributed by atoms with E-state index < -0.39 is 28.5 Å². The van der Waals surface area contributed by atoms with Crippen LogP contribution in [0.4, 0.5) is 5.69 Å². The van der Waals surface area contributed by atoms with Crippen molar-refractivity contribution >= 4 is 39.3 Å². The summed E-state index contributed by atoms with van der Waals surface area (Å²) < 4.78 is 29.0. The third-order valence-electron chi connectivity index (χ3n) is 6.54. The normalized spacial score (nSPS) is 12.2. The monoisotopic (exact) mass is 581 g/mol. The predicted octanol–water partition coefficient (Wildman–Crippen LogP) is 5.41. The summed E-state index contributed by atoms with van der Waals surface area (Å²) in [5.74, 6) is -0.512. The molecule has 1 N–H and O–H groups in total. The van der Waals surface area contributed by atoms with E-state index in [0.717, 1.165) is 25.9 Å². The highest BCUT2D eigenvalue weighted by atomic mass is 32.2. The van der Waals surface area contributed by atoms with Crippen molar-refractivity contribution in [2.75, 3.05) is 23.7 Å². The number of hydrogen-bond donors (Lipinski definition) is 1. The van der Waals surface area contributed by atoms with Crippen LogP contribution in [0.3, 0.4) is 0 Å². The molecule has 0 saturated heterocycles. The Hall–Kier alpha value is -3.30. The van der Waals surface area contributed by atoms with E-state index in [1.165, 1.54) is 16.7 Å². The Bertz CT molecular complexity index is 1410. The van der Waals surface area contributed by atoms with Crippen LogP contribution in [0.2, 0.25) is 0 Å². The molecule has 2 amide bonds. The van der Waals surface area contributed by atoms with Gasteiger partial charge in [-0.2, -0.15) is 0 Å². The average Bonchev–Trinajstić information content (AvgIpc) is 2.93. The van der Waals surface area contributed by atoms with Crippen molar-refractivity contribution in [1.82, 2.24) is 10.2 Å². The highest BCUT2D eigenvalue weighted by Crippen LogP contribution is 2.26. The van der Waals surface area contributed by atoms with Gasteiger partial charge in [0.15, 0.2) is 0 Å². The van der Waals surface area contributed by atoms with Gasteiger partial charge in [-0.25, -0.2) is 8.42 Å². The number of aryl methyl sites for hydroxylation is 2. The minimum atomic E-state index is -4.09. The summed E-state index contributed by atoms with van der Waals surface area (Å²) in [7, 11) is -4.09. The number of carbonyl (C=O) groups excluding carboxylic acids is 2. The van der Waals surface area contributed by atoms with Gasteiger partial charge in [0.05, 0.1) is 10.6 Å². The van der Waals surface area contributed by atoms with Crippen molar-refractivity contribution in [2.24, 2.45) is 5.92 Å². The Morgan fingerprint density at radius 2 is 1.55 bits per heavy atom. The lowest BCUT2D eigenvalue weighted by Gasteiger charge is -2.32. The zero-order valence-electron chi connectivity index (χ0n) is 24.0. The van der Waals surface area contributed by atoms with Crippen LogP contribution in [0, 0.1) is 19.8 Å². The number of nitrogens with zero attached hydrogens (tertiary/aromatic N) is 2. The molecule has 1 atom stereocenters. The molecule has 7 nitrogen and oxygen atoms in total. The molecule has 0 fully saturated rings. The third-order valence-corrected chi connectivity index (χ3v) is 9.07. The molecular formula is C31H39N3O4S2. The van der Waals surface area contributed by atoms with Gasteiger partial charge in [-0.3, -0.25) is 13.9 Å². The lowest BCUT2D eigenvalue weighted by molar-refractivity contribution is -0.139. The molecule has 0 aliphatic heterocycles. The predicted molar refractivity (Wildman–Crippen MR) is 163 cm³/mol. The number of anilines is 1. The molecule has 9 heteroatoms. The van der Waals surface area contributed by atoms with Gasteiger partial charge in [-0.05, 0) is 74.9 Å². The third kappa shape index (κ3) is 8.11. The quantitative estimate of drug-likeness (QED) is 0.289. The molecule has 3 aromatic carbocycles. The highest BCUT2D eigenvalue weighted by molar-refractivity contribution is 7.98. The molecule has 0 aromatic heterocycles. The molecule has 0 spiro atoms. The van der Waals surface area contributed by atoms with E-state index in [9.17, 15) is 18.0 Å². The minimum Gasteiger partial charge on any atom is -0.354 e. The molecule has 0 aliphatic rings. The van der Waals surface area contributed by atoms with Crippen LogP contribution in [0.25, 0.3) is 0 Å². The number of amides is 2. The molecule has 0 saturated carbocycles. The first-order valence-corrected chi connectivity index (χ1v) is 15.9. The lowest BCUT2D eigenvalue weighted by atomic mass is 10.1. The van der Waals surface area contributed by atoms with E-state index in [-0.39, 0.29) is 23.3 Å². The van der Waals surface area contributed by atoms with Crippen molar-refractivity contribution < 1.29 is 18.0 Å². The number of nitrogens with one attached hydrogen (secondary N) is 1. The largest absolute Gasteiger partial charge is 0.354 e. The lowest BCUT2D eigenvalue weighted by Crippen LogP contribution is -2.51. The van der Waals surface area contributed by atoms with E-state index in [1.807, 2.05) is 70.3 Å². The molecule has 0 unspecified atom stereocenters. The second-order valence-corrected chi connectivity index (χ2v) is 13.1. The molecule has 0 bridgehead atoms. The van der Waals surface area contributed by atoms with Gasteiger partial charge in [0.1, 0.15) is 12.6 Å². The molecule has 3 aromatic rings. The van der Waals surface area contributed by atoms with E-state index in [1.54, 1.807) is 43.3 Å². The average molecular weight is 582 g/mol. The number of thioether (sulfide) groups is 1. The maximum atomic E-state index is 14.0. The smallest absolute Gasteiger partial charge is 0.264 e. The Kier molecular flexibility index (Phi) is 10.8. The van der Waals surface area contributed by atoms with Gasteiger partial charge in [0, 0.05) is 18.0 Å². The zero-order valence-corrected chi connectivity index (χ0v) is 25.7. The van der Waals surface area contributed by atoms with Crippen molar-refractivity contribution in [1.29, 1.82) is 0 Å². The standard InChI is InChI=1S/C31H39N3O4S2/c1-22(2)19-32-31(36)25(5)33(20-26-9-7-8-24(4)18-26)30(35)21-34(27-12-10-23(3)11-13-27)40(37,38)29-16-14-28(39-6)15-17-29/h7-18,22,25H,19-21H2,1-6H3,(H,32,36)/t25-/m1/s1. The summed E-state index contributed by atoms with van der Waals surface area (Å²) in [6.45, 7) is 9.73. The summed E-state index contributed by atoms with van der Waals surface area (Å²) >= 11 is 1.52. The summed E-state index contributed by atoms with van der Waals surface area (Å²) in [4.78, 5) is 29.5. The maximum Gasteiger partial charge on any atom is 0.264 e. The van der Waals surface area contributed by atoms with Crippen molar-refractivity contribution in [3.8, 4) is 0 Å². The van der Waals surface area contributed by atoms with Crippen LogP contribution in [-0.2, 0) is 26.2 Å². The van der Waals surface area contributed by atoms with Gasteiger partial charge in [0.25, 0.3) is 10.0 Å². The van der Waals surface area contributed by atoms with Crippen LogP contribution in [0.5, 0.6) is 0 Å².